The van der Waals surface area contributed by atoms with Crippen molar-refractivity contribution in [3.63, 3.8) is 0 Å². The summed E-state index contributed by atoms with van der Waals surface area (Å²) in [5.41, 5.74) is 1.82. The Balaban J connectivity index is 1.65. The van der Waals surface area contributed by atoms with Gasteiger partial charge in [0.15, 0.2) is 5.82 Å². The molecule has 0 unspecified atom stereocenters. The number of hydrogen-bond donors (Lipinski definition) is 1. The highest BCUT2D eigenvalue weighted by atomic mass is 32.2. The zero-order chi connectivity index (χ0) is 18.6. The van der Waals surface area contributed by atoms with E-state index in [1.54, 1.807) is 30.6 Å². The molecule has 0 saturated heterocycles. The Bertz CT molecular complexity index is 1090. The van der Waals surface area contributed by atoms with Gasteiger partial charge in [-0.3, -0.25) is 20.2 Å². The molecular weight excluding hydrogens is 364 g/mol. The molecule has 3 aromatic heterocycles. The number of aromatic amines is 1. The van der Waals surface area contributed by atoms with Gasteiger partial charge >= 0.3 is 0 Å². The molecule has 8 nitrogen and oxygen atoms in total. The molecule has 0 aliphatic heterocycles. The average molecular weight is 376 g/mol. The van der Waals surface area contributed by atoms with Crippen LogP contribution in [0.3, 0.4) is 0 Å². The second-order valence-electron chi connectivity index (χ2n) is 5.44. The van der Waals surface area contributed by atoms with Gasteiger partial charge in [0.1, 0.15) is 10.7 Å². The van der Waals surface area contributed by atoms with Crippen molar-refractivity contribution in [1.29, 1.82) is 0 Å². The first-order valence-electron chi connectivity index (χ1n) is 7.92. The highest BCUT2D eigenvalue weighted by molar-refractivity contribution is 7.99. The Morgan fingerprint density at radius 3 is 2.44 bits per heavy atom. The van der Waals surface area contributed by atoms with Gasteiger partial charge in [-0.05, 0) is 30.0 Å². The summed E-state index contributed by atoms with van der Waals surface area (Å²) in [5.74, 6) is 0.616. The molecule has 0 saturated carbocycles. The maximum absolute atomic E-state index is 11.3. The minimum atomic E-state index is -0.432. The van der Waals surface area contributed by atoms with E-state index >= 15 is 0 Å². The molecule has 0 bridgehead atoms. The lowest BCUT2D eigenvalue weighted by atomic mass is 10.1. The van der Waals surface area contributed by atoms with E-state index in [4.69, 9.17) is 0 Å². The van der Waals surface area contributed by atoms with Crippen LogP contribution in [0.2, 0.25) is 0 Å². The maximum atomic E-state index is 11.3. The lowest BCUT2D eigenvalue weighted by Crippen LogP contribution is -1.96. The Morgan fingerprint density at radius 1 is 0.926 bits per heavy atom. The van der Waals surface area contributed by atoms with E-state index in [0.717, 1.165) is 5.56 Å². The number of nitrogens with zero attached hydrogens (tertiary/aromatic N) is 5. The molecule has 0 aliphatic carbocycles. The van der Waals surface area contributed by atoms with Gasteiger partial charge in [-0.1, -0.05) is 30.3 Å². The molecule has 1 aromatic carbocycles. The third-order valence-electron chi connectivity index (χ3n) is 3.71. The van der Waals surface area contributed by atoms with Crippen molar-refractivity contribution in [2.75, 3.05) is 0 Å². The molecule has 4 rings (SSSR count). The highest BCUT2D eigenvalue weighted by Gasteiger charge is 2.18. The zero-order valence-electron chi connectivity index (χ0n) is 13.8. The van der Waals surface area contributed by atoms with E-state index < -0.39 is 4.92 Å². The fourth-order valence-corrected chi connectivity index (χ4v) is 3.16. The van der Waals surface area contributed by atoms with Crippen molar-refractivity contribution >= 4 is 17.4 Å². The number of hydrogen-bond acceptors (Lipinski definition) is 7. The summed E-state index contributed by atoms with van der Waals surface area (Å²) in [6.45, 7) is 0. The van der Waals surface area contributed by atoms with Crippen LogP contribution in [0, 0.1) is 10.1 Å². The molecule has 0 atom stereocenters. The molecule has 3 heterocycles. The van der Waals surface area contributed by atoms with E-state index in [1.165, 1.54) is 17.8 Å². The van der Waals surface area contributed by atoms with Crippen molar-refractivity contribution in [2.45, 2.75) is 10.2 Å². The standard InChI is InChI=1S/C18H12N6O2S/c25-24(26)14-6-7-15(20-16(14)12-4-2-1-3-5-12)27-18-21-17(22-23-18)13-8-10-19-11-9-13/h1-11H,(H,21,22,23). The molecule has 4 aromatic rings. The van der Waals surface area contributed by atoms with Gasteiger partial charge in [0.05, 0.1) is 4.92 Å². The van der Waals surface area contributed by atoms with Crippen LogP contribution in [-0.4, -0.2) is 30.1 Å². The molecule has 132 valence electrons. The van der Waals surface area contributed by atoms with Crippen LogP contribution in [0.5, 0.6) is 0 Å². The predicted octanol–water partition coefficient (Wildman–Crippen LogP) is 3.99. The Labute approximate surface area is 157 Å². The van der Waals surface area contributed by atoms with Crippen molar-refractivity contribution in [1.82, 2.24) is 25.1 Å². The number of H-pyrrole nitrogens is 1. The second-order valence-corrected chi connectivity index (χ2v) is 6.43. The lowest BCUT2D eigenvalue weighted by Gasteiger charge is -2.04. The van der Waals surface area contributed by atoms with Crippen LogP contribution in [-0.2, 0) is 0 Å². The Morgan fingerprint density at radius 2 is 1.70 bits per heavy atom. The number of pyridine rings is 2. The van der Waals surface area contributed by atoms with Crippen molar-refractivity contribution in [2.24, 2.45) is 0 Å². The summed E-state index contributed by atoms with van der Waals surface area (Å²) in [5, 5.41) is 19.4. The smallest absolute Gasteiger partial charge is 0.265 e. The summed E-state index contributed by atoms with van der Waals surface area (Å²) in [4.78, 5) is 23.8. The monoisotopic (exact) mass is 376 g/mol. The molecule has 0 amide bonds. The van der Waals surface area contributed by atoms with Gasteiger partial charge in [-0.15, -0.1) is 5.10 Å². The molecule has 0 radical (unpaired) electrons. The molecule has 9 heteroatoms. The normalized spacial score (nSPS) is 10.7. The minimum Gasteiger partial charge on any atom is -0.265 e. The van der Waals surface area contributed by atoms with E-state index in [1.807, 2.05) is 30.3 Å². The molecule has 0 fully saturated rings. The second kappa shape index (κ2) is 7.34. The third kappa shape index (κ3) is 3.67. The summed E-state index contributed by atoms with van der Waals surface area (Å²) in [7, 11) is 0. The quantitative estimate of drug-likeness (QED) is 0.414. The van der Waals surface area contributed by atoms with Crippen LogP contribution in [0.4, 0.5) is 5.69 Å². The van der Waals surface area contributed by atoms with Crippen LogP contribution in [0.1, 0.15) is 0 Å². The summed E-state index contributed by atoms with van der Waals surface area (Å²) in [6.07, 6.45) is 3.35. The van der Waals surface area contributed by atoms with Gasteiger partial charge in [-0.25, -0.2) is 9.97 Å². The van der Waals surface area contributed by atoms with Gasteiger partial charge in [0.2, 0.25) is 5.16 Å². The highest BCUT2D eigenvalue weighted by Crippen LogP contribution is 2.32. The van der Waals surface area contributed by atoms with E-state index in [2.05, 4.69) is 25.1 Å². The number of benzene rings is 1. The topological polar surface area (TPSA) is 110 Å². The van der Waals surface area contributed by atoms with Crippen LogP contribution >= 0.6 is 11.8 Å². The molecule has 1 N–H and O–H groups in total. The SMILES string of the molecule is O=[N+]([O-])c1ccc(Sc2n[nH]c(-c3ccncc3)n2)nc1-c1ccccc1. The minimum absolute atomic E-state index is 0.0435. The number of aromatic nitrogens is 5. The molecule has 27 heavy (non-hydrogen) atoms. The van der Waals surface area contributed by atoms with Crippen LogP contribution in [0.15, 0.2) is 77.2 Å². The van der Waals surface area contributed by atoms with Gasteiger partial charge < -0.3 is 0 Å². The number of nitrogens with one attached hydrogen (secondary N) is 1. The Kier molecular flexibility index (Phi) is 4.58. The fourth-order valence-electron chi connectivity index (χ4n) is 2.47. The largest absolute Gasteiger partial charge is 0.295 e. The van der Waals surface area contributed by atoms with Crippen molar-refractivity contribution in [3.8, 4) is 22.6 Å². The Hall–Kier alpha value is -3.59. The van der Waals surface area contributed by atoms with Crippen molar-refractivity contribution < 1.29 is 4.92 Å². The first-order chi connectivity index (χ1) is 13.2. The van der Waals surface area contributed by atoms with Crippen LogP contribution < -0.4 is 0 Å². The number of nitro groups is 1. The first-order valence-corrected chi connectivity index (χ1v) is 8.74. The maximum Gasteiger partial charge on any atom is 0.295 e. The molecule has 0 spiro atoms. The van der Waals surface area contributed by atoms with E-state index in [0.29, 0.717) is 27.3 Å². The average Bonchev–Trinajstić information content (AvgIpc) is 3.17. The van der Waals surface area contributed by atoms with Crippen molar-refractivity contribution in [3.05, 3.63) is 77.1 Å². The predicted molar refractivity (Wildman–Crippen MR) is 100 cm³/mol. The van der Waals surface area contributed by atoms with Gasteiger partial charge in [0.25, 0.3) is 5.69 Å². The zero-order valence-corrected chi connectivity index (χ0v) is 14.6. The number of rotatable bonds is 5. The fraction of sp³-hybridized carbons (Fsp3) is 0. The third-order valence-corrected chi connectivity index (χ3v) is 4.51. The summed E-state index contributed by atoms with van der Waals surface area (Å²) in [6, 6.07) is 15.8. The summed E-state index contributed by atoms with van der Waals surface area (Å²) >= 11 is 1.23. The summed E-state index contributed by atoms with van der Waals surface area (Å²) < 4.78 is 0. The first kappa shape index (κ1) is 16.9. The van der Waals surface area contributed by atoms with Crippen LogP contribution in [0.25, 0.3) is 22.6 Å². The lowest BCUT2D eigenvalue weighted by molar-refractivity contribution is -0.384. The van der Waals surface area contributed by atoms with E-state index in [-0.39, 0.29) is 5.69 Å². The van der Waals surface area contributed by atoms with Gasteiger partial charge in [0, 0.05) is 29.6 Å². The molecule has 0 aliphatic rings. The van der Waals surface area contributed by atoms with Gasteiger partial charge in [-0.2, -0.15) is 0 Å². The molecular formula is C18H12N6O2S. The van der Waals surface area contributed by atoms with E-state index in [9.17, 15) is 10.1 Å².